The van der Waals surface area contributed by atoms with Gasteiger partial charge in [0, 0.05) is 18.4 Å². The Kier molecular flexibility index (Phi) is 11.1. The number of benzene rings is 2. The third-order valence-electron chi connectivity index (χ3n) is 5.80. The molecule has 14 nitrogen and oxygen atoms in total. The first-order valence-corrected chi connectivity index (χ1v) is 14.4. The van der Waals surface area contributed by atoms with E-state index in [1.54, 1.807) is 35.9 Å². The van der Waals surface area contributed by atoms with E-state index in [2.05, 4.69) is 20.0 Å². The van der Waals surface area contributed by atoms with Crippen LogP contribution in [0.2, 0.25) is 0 Å². The minimum absolute atomic E-state index is 0.0284. The maximum absolute atomic E-state index is 13.4. The summed E-state index contributed by atoms with van der Waals surface area (Å²) in [6.07, 6.45) is -5.77. The van der Waals surface area contributed by atoms with Crippen LogP contribution in [0.4, 0.5) is 18.0 Å². The number of carbonyl (C=O) groups excluding carboxylic acids is 2. The van der Waals surface area contributed by atoms with E-state index in [1.165, 1.54) is 19.2 Å². The minimum Gasteiger partial charge on any atom is -0.569 e. The SMILES string of the molecule is CCC(=O)OCO/N=[N+](\[O-])N(C)CCCOC(=O)NS(=O)(=O)c1ccc(-n2nc(C(F)(F)F)cc2-c2ccc(C)cc2)cc1. The van der Waals surface area contributed by atoms with E-state index in [0.717, 1.165) is 33.5 Å². The van der Waals surface area contributed by atoms with Gasteiger partial charge >= 0.3 is 18.2 Å². The molecule has 0 atom stereocenters. The van der Waals surface area contributed by atoms with E-state index in [1.807, 2.05) is 6.92 Å². The van der Waals surface area contributed by atoms with Crippen LogP contribution in [0.5, 0.6) is 0 Å². The standard InChI is InChI=1S/C26H29F3N6O8S/c1-4-24(36)42-17-43-32-35(38)33(3)14-5-15-41-25(37)31-44(39,40)21-12-10-20(11-13-21)34-22(16-23(30-34)26(27,28)29)19-8-6-18(2)7-9-19/h6-13,16H,4-5,14-15,17H2,1-3H3,(H,31,37)/b35-32-. The third kappa shape index (κ3) is 9.32. The topological polar surface area (TPSA) is 167 Å². The van der Waals surface area contributed by atoms with Crippen molar-refractivity contribution in [2.24, 2.45) is 5.28 Å². The normalized spacial score (nSPS) is 12.0. The minimum atomic E-state index is -4.71. The zero-order chi connectivity index (χ0) is 32.5. The highest BCUT2D eigenvalue weighted by atomic mass is 32.2. The van der Waals surface area contributed by atoms with E-state index >= 15 is 0 Å². The molecule has 1 aromatic heterocycles. The van der Waals surface area contributed by atoms with Crippen molar-refractivity contribution in [1.29, 1.82) is 0 Å². The Labute approximate surface area is 250 Å². The Morgan fingerprint density at radius 2 is 1.77 bits per heavy atom. The Morgan fingerprint density at radius 1 is 1.11 bits per heavy atom. The van der Waals surface area contributed by atoms with Crippen molar-refractivity contribution in [3.05, 3.63) is 71.1 Å². The maximum atomic E-state index is 13.4. The predicted molar refractivity (Wildman–Crippen MR) is 146 cm³/mol. The zero-order valence-electron chi connectivity index (χ0n) is 23.8. The molecule has 44 heavy (non-hydrogen) atoms. The summed E-state index contributed by atoms with van der Waals surface area (Å²) in [6.45, 7) is 2.62. The highest BCUT2D eigenvalue weighted by Gasteiger charge is 2.35. The molecule has 2 aromatic carbocycles. The second-order valence-corrected chi connectivity index (χ2v) is 10.8. The highest BCUT2D eigenvalue weighted by Crippen LogP contribution is 2.33. The van der Waals surface area contributed by atoms with Crippen LogP contribution in [0, 0.1) is 12.1 Å². The molecule has 0 aliphatic rings. The van der Waals surface area contributed by atoms with Crippen LogP contribution in [-0.2, 0) is 35.3 Å². The summed E-state index contributed by atoms with van der Waals surface area (Å²) in [5.74, 6) is -0.537. The molecule has 1 heterocycles. The molecule has 0 aliphatic carbocycles. The number of aromatic nitrogens is 2. The first-order chi connectivity index (χ1) is 20.7. The molecule has 0 saturated heterocycles. The van der Waals surface area contributed by atoms with Crippen molar-refractivity contribution >= 4 is 22.1 Å². The van der Waals surface area contributed by atoms with Crippen molar-refractivity contribution in [2.45, 2.75) is 37.8 Å². The van der Waals surface area contributed by atoms with Crippen molar-refractivity contribution in [3.63, 3.8) is 0 Å². The molecule has 1 N–H and O–H groups in total. The fourth-order valence-electron chi connectivity index (χ4n) is 3.48. The van der Waals surface area contributed by atoms with Gasteiger partial charge in [0.25, 0.3) is 16.8 Å². The van der Waals surface area contributed by atoms with Crippen molar-refractivity contribution in [1.82, 2.24) is 19.5 Å². The number of hydrogen-bond donors (Lipinski definition) is 1. The van der Waals surface area contributed by atoms with Crippen molar-refractivity contribution < 1.29 is 50.5 Å². The van der Waals surface area contributed by atoms with Gasteiger partial charge in [0.05, 0.1) is 41.4 Å². The van der Waals surface area contributed by atoms with Crippen LogP contribution in [-0.4, -0.2) is 67.2 Å². The average Bonchev–Trinajstić information content (AvgIpc) is 3.44. The van der Waals surface area contributed by atoms with E-state index in [4.69, 9.17) is 4.74 Å². The summed E-state index contributed by atoms with van der Waals surface area (Å²) in [6, 6.07) is 12.4. The molecular formula is C26H29F3N6O8S. The Balaban J connectivity index is 1.58. The molecule has 0 aliphatic heterocycles. The number of halogens is 3. The largest absolute Gasteiger partial charge is 0.569 e. The van der Waals surface area contributed by atoms with Crippen LogP contribution < -0.4 is 4.72 Å². The zero-order valence-corrected chi connectivity index (χ0v) is 24.6. The number of nitrogens with one attached hydrogen (secondary N) is 1. The van der Waals surface area contributed by atoms with Gasteiger partial charge in [-0.15, -0.1) is 5.01 Å². The van der Waals surface area contributed by atoms with Gasteiger partial charge in [-0.05, 0) is 37.3 Å². The predicted octanol–water partition coefficient (Wildman–Crippen LogP) is 4.32. The molecule has 0 spiro atoms. The van der Waals surface area contributed by atoms with Gasteiger partial charge in [0.2, 0.25) is 5.28 Å². The molecule has 3 aromatic rings. The number of hydrazine groups is 1. The first-order valence-electron chi connectivity index (χ1n) is 12.9. The number of alkyl halides is 3. The summed E-state index contributed by atoms with van der Waals surface area (Å²) in [5, 5.41) is 19.6. The molecule has 1 amide bonds. The fraction of sp³-hybridized carbons (Fsp3) is 0.346. The van der Waals surface area contributed by atoms with Crippen molar-refractivity contribution in [2.75, 3.05) is 27.0 Å². The Bertz CT molecular complexity index is 1580. The van der Waals surface area contributed by atoms with Gasteiger partial charge in [-0.2, -0.15) is 18.3 Å². The van der Waals surface area contributed by atoms with E-state index in [0.29, 0.717) is 5.56 Å². The average molecular weight is 643 g/mol. The monoisotopic (exact) mass is 642 g/mol. The lowest BCUT2D eigenvalue weighted by Crippen LogP contribution is -2.32. The Hall–Kier alpha value is -4.87. The van der Waals surface area contributed by atoms with E-state index < -0.39 is 40.7 Å². The van der Waals surface area contributed by atoms with E-state index in [-0.39, 0.29) is 47.2 Å². The van der Waals surface area contributed by atoms with Crippen LogP contribution in [0.1, 0.15) is 31.0 Å². The van der Waals surface area contributed by atoms with Crippen LogP contribution >= 0.6 is 0 Å². The molecule has 0 unspecified atom stereocenters. The summed E-state index contributed by atoms with van der Waals surface area (Å²) in [4.78, 5) is 27.3. The highest BCUT2D eigenvalue weighted by molar-refractivity contribution is 7.90. The number of rotatable bonds is 13. The van der Waals surface area contributed by atoms with Crippen LogP contribution in [0.25, 0.3) is 16.9 Å². The number of nitrogens with zero attached hydrogens (tertiary/aromatic N) is 5. The lowest BCUT2D eigenvalue weighted by molar-refractivity contribution is -0.706. The van der Waals surface area contributed by atoms with Crippen LogP contribution in [0.3, 0.4) is 0 Å². The number of hydrogen-bond acceptors (Lipinski definition) is 10. The fourth-order valence-corrected chi connectivity index (χ4v) is 4.37. The van der Waals surface area contributed by atoms with Crippen molar-refractivity contribution in [3.8, 4) is 16.9 Å². The van der Waals surface area contributed by atoms with Gasteiger partial charge in [-0.1, -0.05) is 36.8 Å². The maximum Gasteiger partial charge on any atom is 0.435 e. The number of esters is 1. The lowest BCUT2D eigenvalue weighted by Gasteiger charge is -2.13. The van der Waals surface area contributed by atoms with Gasteiger partial charge < -0.3 is 19.5 Å². The molecule has 0 fully saturated rings. The molecule has 0 bridgehead atoms. The first kappa shape index (κ1) is 33.6. The van der Waals surface area contributed by atoms with Gasteiger partial charge in [0.1, 0.15) is 0 Å². The molecule has 18 heteroatoms. The summed E-state index contributed by atoms with van der Waals surface area (Å²) < 4.78 is 77.9. The van der Waals surface area contributed by atoms with Crippen LogP contribution in [0.15, 0.2) is 64.8 Å². The third-order valence-corrected chi connectivity index (χ3v) is 7.12. The quantitative estimate of drug-likeness (QED) is 0.0708. The molecule has 238 valence electrons. The molecule has 0 radical (unpaired) electrons. The molecular weight excluding hydrogens is 613 g/mol. The number of ether oxygens (including phenoxy) is 2. The Morgan fingerprint density at radius 3 is 2.39 bits per heavy atom. The second kappa shape index (κ2) is 14.5. The van der Waals surface area contributed by atoms with Gasteiger partial charge in [-0.3, -0.25) is 4.79 Å². The lowest BCUT2D eigenvalue weighted by atomic mass is 10.1. The number of amides is 1. The number of carbonyl (C=O) groups is 2. The smallest absolute Gasteiger partial charge is 0.435 e. The number of aryl methyl sites for hydroxylation is 1. The summed E-state index contributed by atoms with van der Waals surface area (Å²) in [7, 11) is -3.05. The molecule has 3 rings (SSSR count). The van der Waals surface area contributed by atoms with E-state index in [9.17, 15) is 36.4 Å². The summed E-state index contributed by atoms with van der Waals surface area (Å²) >= 11 is 0. The van der Waals surface area contributed by atoms with Gasteiger partial charge in [0.15, 0.2) is 5.69 Å². The second-order valence-electron chi connectivity index (χ2n) is 9.11. The molecule has 0 saturated carbocycles. The van der Waals surface area contributed by atoms with Gasteiger partial charge in [-0.25, -0.2) is 22.6 Å². The number of sulfonamides is 1. The summed E-state index contributed by atoms with van der Waals surface area (Å²) in [5.41, 5.74) is 0.531.